The summed E-state index contributed by atoms with van der Waals surface area (Å²) in [5.41, 5.74) is 0. The zero-order valence-corrected chi connectivity index (χ0v) is 21.3. The molecule has 0 saturated carbocycles. The lowest BCUT2D eigenvalue weighted by Crippen LogP contribution is -2.47. The monoisotopic (exact) mass is 499 g/mol. The van der Waals surface area contributed by atoms with E-state index in [1.54, 1.807) is 35.4 Å². The Bertz CT molecular complexity index is 750. The van der Waals surface area contributed by atoms with Crippen molar-refractivity contribution in [1.29, 1.82) is 0 Å². The number of carboxylic acids is 2. The topological polar surface area (TPSA) is 142 Å². The molecule has 0 aliphatic carbocycles. The van der Waals surface area contributed by atoms with Crippen molar-refractivity contribution in [2.75, 3.05) is 45.6 Å². The van der Waals surface area contributed by atoms with E-state index in [0.717, 1.165) is 24.5 Å². The molecule has 0 aromatic heterocycles. The summed E-state index contributed by atoms with van der Waals surface area (Å²) in [6.45, 7) is 12.6. The highest BCUT2D eigenvalue weighted by Crippen LogP contribution is 2.15. The van der Waals surface area contributed by atoms with E-state index in [0.29, 0.717) is 37.6 Å². The van der Waals surface area contributed by atoms with Gasteiger partial charge in [-0.15, -0.1) is 0 Å². The van der Waals surface area contributed by atoms with Crippen LogP contribution in [-0.4, -0.2) is 94.2 Å². The van der Waals surface area contributed by atoms with Gasteiger partial charge in [-0.25, -0.2) is 14.4 Å². The maximum atomic E-state index is 12.4. The van der Waals surface area contributed by atoms with Crippen LogP contribution in [0.1, 0.15) is 27.7 Å². The van der Waals surface area contributed by atoms with E-state index in [-0.39, 0.29) is 12.1 Å². The van der Waals surface area contributed by atoms with E-state index < -0.39 is 23.1 Å². The Hall–Kier alpha value is -2.76. The van der Waals surface area contributed by atoms with Gasteiger partial charge in [0.15, 0.2) is 4.90 Å². The van der Waals surface area contributed by atoms with E-state index in [2.05, 4.69) is 24.1 Å². The fraction of sp³-hybridized carbons (Fsp3) is 0.522. The van der Waals surface area contributed by atoms with Crippen LogP contribution in [0.5, 0.6) is 5.75 Å². The lowest BCUT2D eigenvalue weighted by molar-refractivity contribution is -0.134. The van der Waals surface area contributed by atoms with Crippen molar-refractivity contribution < 1.29 is 33.9 Å². The van der Waals surface area contributed by atoms with Crippen LogP contribution < -0.4 is 10.1 Å². The number of rotatable bonds is 13. The molecule has 34 heavy (non-hydrogen) atoms. The number of nitrogens with one attached hydrogen (secondary N) is 1. The van der Waals surface area contributed by atoms with Crippen LogP contribution in [0, 0.1) is 0 Å². The van der Waals surface area contributed by atoms with Gasteiger partial charge in [0.1, 0.15) is 18.6 Å². The van der Waals surface area contributed by atoms with Crippen molar-refractivity contribution >= 4 is 29.1 Å². The van der Waals surface area contributed by atoms with Crippen molar-refractivity contribution in [1.82, 2.24) is 15.1 Å². The molecule has 0 radical (unpaired) electrons. The SMILES string of the molecule is CCN(CC)CCNC(=O)N(CCOc1ccc([S+](C)[O-])cc1)C(C)C.O=C(O)/C=C\C(=O)O. The normalized spacial score (nSPS) is 11.6. The second kappa shape index (κ2) is 17.7. The first-order chi connectivity index (χ1) is 16.0. The number of urea groups is 1. The summed E-state index contributed by atoms with van der Waals surface area (Å²) in [5.74, 6) is -1.80. The van der Waals surface area contributed by atoms with Gasteiger partial charge in [0.25, 0.3) is 0 Å². The molecule has 0 bridgehead atoms. The minimum absolute atomic E-state index is 0.0625. The lowest BCUT2D eigenvalue weighted by Gasteiger charge is -2.27. The van der Waals surface area contributed by atoms with E-state index in [1.165, 1.54) is 0 Å². The first-order valence-corrected chi connectivity index (χ1v) is 12.5. The molecular weight excluding hydrogens is 462 g/mol. The Morgan fingerprint density at radius 3 is 2.00 bits per heavy atom. The Morgan fingerprint density at radius 2 is 1.59 bits per heavy atom. The molecule has 3 N–H and O–H groups in total. The molecule has 1 aromatic rings. The third kappa shape index (κ3) is 14.4. The average Bonchev–Trinajstić information content (AvgIpc) is 2.78. The summed E-state index contributed by atoms with van der Waals surface area (Å²) in [4.78, 5) is 36.3. The van der Waals surface area contributed by atoms with Crippen molar-refractivity contribution in [2.45, 2.75) is 38.6 Å². The standard InChI is InChI=1S/C19H33N3O3S.C4H4O4/c1-6-21(7-2)13-12-20-19(23)22(16(3)4)14-15-25-17-8-10-18(11-9-17)26(5)24;5-3(6)1-2-4(7)8/h8-11,16H,6-7,12-15H2,1-5H3,(H,20,23);1-2H,(H,5,6)(H,7,8)/b;2-1-. The van der Waals surface area contributed by atoms with Crippen LogP contribution in [-0.2, 0) is 20.8 Å². The quantitative estimate of drug-likeness (QED) is 0.277. The maximum absolute atomic E-state index is 12.4. The van der Waals surface area contributed by atoms with Gasteiger partial charge in [-0.3, -0.25) is 0 Å². The number of carbonyl (C=O) groups is 3. The number of aliphatic carboxylic acids is 2. The second-order valence-electron chi connectivity index (χ2n) is 7.33. The van der Waals surface area contributed by atoms with Crippen LogP contribution in [0.25, 0.3) is 0 Å². The van der Waals surface area contributed by atoms with Crippen LogP contribution >= 0.6 is 0 Å². The van der Waals surface area contributed by atoms with Gasteiger partial charge in [-0.1, -0.05) is 13.8 Å². The largest absolute Gasteiger partial charge is 0.612 e. The van der Waals surface area contributed by atoms with Crippen molar-refractivity contribution in [3.05, 3.63) is 36.4 Å². The molecule has 11 heteroatoms. The van der Waals surface area contributed by atoms with Gasteiger partial charge in [0.2, 0.25) is 0 Å². The molecule has 0 heterocycles. The van der Waals surface area contributed by atoms with Gasteiger partial charge in [0.05, 0.1) is 6.54 Å². The number of likely N-dealkylation sites (N-methyl/N-ethyl adjacent to an activating group) is 1. The Labute approximate surface area is 204 Å². The molecule has 0 spiro atoms. The maximum Gasteiger partial charge on any atom is 0.328 e. The smallest absolute Gasteiger partial charge is 0.328 e. The highest BCUT2D eigenvalue weighted by molar-refractivity contribution is 7.90. The van der Waals surface area contributed by atoms with Crippen LogP contribution in [0.4, 0.5) is 4.79 Å². The first-order valence-electron chi connectivity index (χ1n) is 11.0. The summed E-state index contributed by atoms with van der Waals surface area (Å²) in [6, 6.07) is 7.24. The van der Waals surface area contributed by atoms with E-state index in [1.807, 2.05) is 13.8 Å². The molecule has 0 aliphatic heterocycles. The minimum Gasteiger partial charge on any atom is -0.612 e. The summed E-state index contributed by atoms with van der Waals surface area (Å²) >= 11 is -0.991. The molecule has 1 unspecified atom stereocenters. The van der Waals surface area contributed by atoms with Gasteiger partial charge >= 0.3 is 18.0 Å². The van der Waals surface area contributed by atoms with Gasteiger partial charge in [-0.2, -0.15) is 0 Å². The highest BCUT2D eigenvalue weighted by Gasteiger charge is 2.16. The Kier molecular flexibility index (Phi) is 16.2. The number of amides is 2. The summed E-state index contributed by atoms with van der Waals surface area (Å²) in [7, 11) is 0. The number of carboxylic acid groups (broad SMARTS) is 2. The zero-order chi connectivity index (χ0) is 26.1. The summed E-state index contributed by atoms with van der Waals surface area (Å²) in [6.07, 6.45) is 2.76. The molecule has 10 nitrogen and oxygen atoms in total. The van der Waals surface area contributed by atoms with Crippen molar-refractivity contribution in [3.8, 4) is 5.75 Å². The number of carbonyl (C=O) groups excluding carboxylic acids is 1. The van der Waals surface area contributed by atoms with Crippen LogP contribution in [0.2, 0.25) is 0 Å². The van der Waals surface area contributed by atoms with Gasteiger partial charge in [0, 0.05) is 31.3 Å². The number of hydrogen-bond donors (Lipinski definition) is 3. The summed E-state index contributed by atoms with van der Waals surface area (Å²) < 4.78 is 17.1. The molecule has 192 valence electrons. The van der Waals surface area contributed by atoms with Crippen LogP contribution in [0.3, 0.4) is 0 Å². The molecule has 1 atom stereocenters. The number of benzene rings is 1. The van der Waals surface area contributed by atoms with Crippen molar-refractivity contribution in [3.63, 3.8) is 0 Å². The van der Waals surface area contributed by atoms with E-state index in [9.17, 15) is 18.9 Å². The molecule has 0 aliphatic rings. The predicted octanol–water partition coefficient (Wildman–Crippen LogP) is 2.28. The minimum atomic E-state index is -1.26. The molecule has 0 fully saturated rings. The highest BCUT2D eigenvalue weighted by atomic mass is 32.2. The predicted molar refractivity (Wildman–Crippen MR) is 132 cm³/mol. The number of nitrogens with zero attached hydrogens (tertiary/aromatic N) is 2. The fourth-order valence-electron chi connectivity index (χ4n) is 2.69. The van der Waals surface area contributed by atoms with Gasteiger partial charge in [-0.05, 0) is 62.4 Å². The number of hydrogen-bond acceptors (Lipinski definition) is 6. The first kappa shape index (κ1) is 31.2. The summed E-state index contributed by atoms with van der Waals surface area (Å²) in [5, 5.41) is 18.6. The third-order valence-electron chi connectivity index (χ3n) is 4.61. The number of ether oxygens (including phenoxy) is 1. The second-order valence-corrected chi connectivity index (χ2v) is 8.71. The Balaban J connectivity index is 0.00000116. The molecule has 0 saturated heterocycles. The molecular formula is C23H37N3O7S. The zero-order valence-electron chi connectivity index (χ0n) is 20.5. The van der Waals surface area contributed by atoms with Gasteiger partial charge < -0.3 is 34.6 Å². The van der Waals surface area contributed by atoms with E-state index in [4.69, 9.17) is 14.9 Å². The van der Waals surface area contributed by atoms with Crippen molar-refractivity contribution in [2.24, 2.45) is 0 Å². The molecule has 1 aromatic carbocycles. The molecule has 1 rings (SSSR count). The van der Waals surface area contributed by atoms with Crippen LogP contribution in [0.15, 0.2) is 41.3 Å². The third-order valence-corrected chi connectivity index (χ3v) is 5.54. The lowest BCUT2D eigenvalue weighted by atomic mass is 10.3. The Morgan fingerprint density at radius 1 is 1.06 bits per heavy atom. The molecule has 2 amide bonds. The fourth-order valence-corrected chi connectivity index (χ4v) is 3.21. The average molecular weight is 500 g/mol. The van der Waals surface area contributed by atoms with E-state index >= 15 is 0 Å².